The average Bonchev–Trinajstić information content (AvgIpc) is 2.47. The monoisotopic (exact) mass is 326 g/mol. The van der Waals surface area contributed by atoms with Crippen LogP contribution in [0.5, 0.6) is 0 Å². The van der Waals surface area contributed by atoms with Gasteiger partial charge in [-0.1, -0.05) is 27.7 Å². The maximum atomic E-state index is 11.8. The van der Waals surface area contributed by atoms with E-state index in [2.05, 4.69) is 50.2 Å². The van der Waals surface area contributed by atoms with Crippen molar-refractivity contribution < 1.29 is 9.53 Å². The second-order valence-electron chi connectivity index (χ2n) is 7.79. The minimum absolute atomic E-state index is 0.00636. The summed E-state index contributed by atoms with van der Waals surface area (Å²) >= 11 is 0. The molecule has 0 spiro atoms. The fourth-order valence-corrected chi connectivity index (χ4v) is 2.63. The number of carbonyl (C=O) groups excluding carboxylic acids is 1. The SMILES string of the molecule is COC1(C)CC(NC(=NCC(=O)N(C)C)NCC(C)C)C1(C)C. The third-order valence-electron chi connectivity index (χ3n) is 5.14. The predicted octanol–water partition coefficient (Wildman–Crippen LogP) is 1.47. The van der Waals surface area contributed by atoms with E-state index >= 15 is 0 Å². The summed E-state index contributed by atoms with van der Waals surface area (Å²) < 4.78 is 5.67. The molecule has 2 unspecified atom stereocenters. The van der Waals surface area contributed by atoms with Crippen LogP contribution >= 0.6 is 0 Å². The first-order valence-electron chi connectivity index (χ1n) is 8.33. The molecule has 0 aromatic carbocycles. The molecule has 134 valence electrons. The van der Waals surface area contributed by atoms with Crippen LogP contribution in [0.2, 0.25) is 0 Å². The summed E-state index contributed by atoms with van der Waals surface area (Å²) in [6.07, 6.45) is 0.917. The van der Waals surface area contributed by atoms with Gasteiger partial charge in [-0.05, 0) is 19.3 Å². The summed E-state index contributed by atoms with van der Waals surface area (Å²) in [4.78, 5) is 17.8. The molecular weight excluding hydrogens is 292 g/mol. The molecule has 0 heterocycles. The van der Waals surface area contributed by atoms with E-state index in [1.807, 2.05) is 0 Å². The van der Waals surface area contributed by atoms with E-state index in [1.54, 1.807) is 26.1 Å². The van der Waals surface area contributed by atoms with Crippen LogP contribution in [0.4, 0.5) is 0 Å². The van der Waals surface area contributed by atoms with Gasteiger partial charge in [-0.3, -0.25) is 4.79 Å². The van der Waals surface area contributed by atoms with Crippen LogP contribution in [-0.2, 0) is 9.53 Å². The number of aliphatic imine (C=N–C) groups is 1. The quantitative estimate of drug-likeness (QED) is 0.573. The molecule has 1 fully saturated rings. The summed E-state index contributed by atoms with van der Waals surface area (Å²) in [6, 6.07) is 0.264. The van der Waals surface area contributed by atoms with Gasteiger partial charge in [0.1, 0.15) is 6.54 Å². The van der Waals surface area contributed by atoms with E-state index in [1.165, 1.54) is 0 Å². The molecule has 1 rings (SSSR count). The lowest BCUT2D eigenvalue weighted by atomic mass is 9.56. The molecule has 2 N–H and O–H groups in total. The Morgan fingerprint density at radius 3 is 2.39 bits per heavy atom. The highest BCUT2D eigenvalue weighted by atomic mass is 16.5. The Kier molecular flexibility index (Phi) is 6.45. The number of hydrogen-bond acceptors (Lipinski definition) is 3. The van der Waals surface area contributed by atoms with E-state index < -0.39 is 0 Å². The van der Waals surface area contributed by atoms with Crippen molar-refractivity contribution >= 4 is 11.9 Å². The van der Waals surface area contributed by atoms with E-state index in [0.717, 1.165) is 13.0 Å². The van der Waals surface area contributed by atoms with Gasteiger partial charge in [0.15, 0.2) is 5.96 Å². The lowest BCUT2D eigenvalue weighted by molar-refractivity contribution is -0.176. The normalized spacial score (nSPS) is 26.7. The number of carbonyl (C=O) groups is 1. The molecule has 1 aliphatic rings. The molecule has 0 aromatic rings. The molecule has 1 saturated carbocycles. The first-order valence-corrected chi connectivity index (χ1v) is 8.33. The number of nitrogens with zero attached hydrogens (tertiary/aromatic N) is 2. The van der Waals surface area contributed by atoms with Gasteiger partial charge in [0.2, 0.25) is 5.91 Å². The summed E-state index contributed by atoms with van der Waals surface area (Å²) in [6.45, 7) is 11.8. The van der Waals surface area contributed by atoms with E-state index in [9.17, 15) is 4.79 Å². The van der Waals surface area contributed by atoms with Gasteiger partial charge in [-0.25, -0.2) is 4.99 Å². The number of ether oxygens (including phenoxy) is 1. The first kappa shape index (κ1) is 19.7. The number of methoxy groups -OCH3 is 1. The smallest absolute Gasteiger partial charge is 0.243 e. The van der Waals surface area contributed by atoms with Crippen molar-refractivity contribution in [2.24, 2.45) is 16.3 Å². The fourth-order valence-electron chi connectivity index (χ4n) is 2.63. The van der Waals surface area contributed by atoms with E-state index in [4.69, 9.17) is 4.74 Å². The Labute approximate surface area is 141 Å². The summed E-state index contributed by atoms with van der Waals surface area (Å²) in [5, 5.41) is 6.79. The predicted molar refractivity (Wildman–Crippen MR) is 94.6 cm³/mol. The van der Waals surface area contributed by atoms with Crippen molar-refractivity contribution in [3.8, 4) is 0 Å². The molecule has 0 bridgehead atoms. The topological polar surface area (TPSA) is 66.0 Å². The maximum absolute atomic E-state index is 11.8. The van der Waals surface area contributed by atoms with Crippen molar-refractivity contribution in [1.29, 1.82) is 0 Å². The molecule has 1 amide bonds. The molecule has 6 nitrogen and oxygen atoms in total. The van der Waals surface area contributed by atoms with Gasteiger partial charge >= 0.3 is 0 Å². The van der Waals surface area contributed by atoms with Crippen LogP contribution in [0.25, 0.3) is 0 Å². The van der Waals surface area contributed by atoms with Gasteiger partial charge in [0.25, 0.3) is 0 Å². The minimum atomic E-state index is -0.132. The van der Waals surface area contributed by atoms with Crippen LogP contribution in [0.3, 0.4) is 0 Å². The highest BCUT2D eigenvalue weighted by Crippen LogP contribution is 2.51. The Hall–Kier alpha value is -1.30. The van der Waals surface area contributed by atoms with Crippen LogP contribution in [0.1, 0.15) is 41.0 Å². The average molecular weight is 326 g/mol. The number of amides is 1. The second-order valence-corrected chi connectivity index (χ2v) is 7.79. The molecule has 23 heavy (non-hydrogen) atoms. The molecule has 0 radical (unpaired) electrons. The van der Waals surface area contributed by atoms with Gasteiger partial charge < -0.3 is 20.3 Å². The summed E-state index contributed by atoms with van der Waals surface area (Å²) in [5.74, 6) is 1.19. The minimum Gasteiger partial charge on any atom is -0.378 e. The van der Waals surface area contributed by atoms with Crippen molar-refractivity contribution in [2.45, 2.75) is 52.7 Å². The molecule has 0 aliphatic heterocycles. The Morgan fingerprint density at radius 1 is 1.35 bits per heavy atom. The lowest BCUT2D eigenvalue weighted by Gasteiger charge is -2.59. The van der Waals surface area contributed by atoms with Crippen LogP contribution < -0.4 is 10.6 Å². The highest BCUT2D eigenvalue weighted by molar-refractivity contribution is 5.85. The number of hydrogen-bond donors (Lipinski definition) is 2. The van der Waals surface area contributed by atoms with Gasteiger partial charge in [-0.15, -0.1) is 0 Å². The van der Waals surface area contributed by atoms with Crippen molar-refractivity contribution in [3.63, 3.8) is 0 Å². The van der Waals surface area contributed by atoms with Crippen LogP contribution in [-0.4, -0.2) is 62.7 Å². The van der Waals surface area contributed by atoms with E-state index in [-0.39, 0.29) is 29.5 Å². The Balaban J connectivity index is 2.74. The Bertz CT molecular complexity index is 446. The second kappa shape index (κ2) is 7.51. The van der Waals surface area contributed by atoms with Gasteiger partial charge in [0.05, 0.1) is 5.60 Å². The number of nitrogens with one attached hydrogen (secondary N) is 2. The third-order valence-corrected chi connectivity index (χ3v) is 5.14. The molecule has 0 aromatic heterocycles. The molecular formula is C17H34N4O2. The van der Waals surface area contributed by atoms with Crippen molar-refractivity contribution in [1.82, 2.24) is 15.5 Å². The van der Waals surface area contributed by atoms with Crippen molar-refractivity contribution in [2.75, 3.05) is 34.3 Å². The number of rotatable bonds is 6. The summed E-state index contributed by atoms with van der Waals surface area (Å²) in [5.41, 5.74) is -0.138. The molecule has 0 saturated heterocycles. The van der Waals surface area contributed by atoms with Crippen molar-refractivity contribution in [3.05, 3.63) is 0 Å². The lowest BCUT2D eigenvalue weighted by Crippen LogP contribution is -2.69. The van der Waals surface area contributed by atoms with Crippen LogP contribution in [0.15, 0.2) is 4.99 Å². The summed E-state index contributed by atoms with van der Waals surface area (Å²) in [7, 11) is 5.25. The first-order chi connectivity index (χ1) is 10.5. The van der Waals surface area contributed by atoms with E-state index in [0.29, 0.717) is 11.9 Å². The fraction of sp³-hybridized carbons (Fsp3) is 0.882. The third kappa shape index (κ3) is 4.59. The molecule has 1 aliphatic carbocycles. The zero-order chi connectivity index (χ0) is 17.8. The maximum Gasteiger partial charge on any atom is 0.243 e. The van der Waals surface area contributed by atoms with Crippen LogP contribution in [0, 0.1) is 11.3 Å². The largest absolute Gasteiger partial charge is 0.378 e. The van der Waals surface area contributed by atoms with Gasteiger partial charge in [-0.2, -0.15) is 0 Å². The number of guanidine groups is 1. The number of likely N-dealkylation sites (N-methyl/N-ethyl adjacent to an activating group) is 1. The Morgan fingerprint density at radius 2 is 1.96 bits per heavy atom. The molecule has 6 heteroatoms. The highest BCUT2D eigenvalue weighted by Gasteiger charge is 2.58. The zero-order valence-corrected chi connectivity index (χ0v) is 16.0. The standard InChI is InChI=1S/C17H34N4O2/c1-12(2)10-18-15(19-11-14(22)21(6)7)20-13-9-17(5,23-8)16(13,3)4/h12-13H,9-11H2,1-8H3,(H2,18,19,20). The zero-order valence-electron chi connectivity index (χ0n) is 16.0. The molecule has 2 atom stereocenters. The van der Waals surface area contributed by atoms with Gasteiger partial charge in [0, 0.05) is 39.2 Å².